The highest BCUT2D eigenvalue weighted by atomic mass is 15.2. The highest BCUT2D eigenvalue weighted by Gasteiger charge is 2.39. The van der Waals surface area contributed by atoms with Crippen LogP contribution >= 0.6 is 0 Å². The van der Waals surface area contributed by atoms with E-state index in [1.54, 1.807) is 0 Å². The molecule has 0 unspecified atom stereocenters. The molecule has 7 heterocycles. The Balaban J connectivity index is 1.25. The topological polar surface area (TPSA) is 77.5 Å². The zero-order valence-corrected chi connectivity index (χ0v) is 36.2. The normalized spacial score (nSPS) is 13.1. The van der Waals surface area contributed by atoms with Gasteiger partial charge >= 0.3 is 0 Å². The van der Waals surface area contributed by atoms with Gasteiger partial charge in [0.15, 0.2) is 5.82 Å². The molecule has 1 aliphatic rings. The molecule has 0 bridgehead atoms. The van der Waals surface area contributed by atoms with Gasteiger partial charge in [-0.3, -0.25) is 15.0 Å². The van der Waals surface area contributed by atoms with Crippen molar-refractivity contribution < 1.29 is 0 Å². The molecule has 8 nitrogen and oxygen atoms in total. The fourth-order valence-corrected chi connectivity index (χ4v) is 10.3. The van der Waals surface area contributed by atoms with Crippen molar-refractivity contribution in [3.63, 3.8) is 0 Å². The van der Waals surface area contributed by atoms with Crippen LogP contribution in [-0.4, -0.2) is 34.1 Å². The van der Waals surface area contributed by atoms with Crippen LogP contribution in [0, 0.1) is 0 Å². The Morgan fingerprint density at radius 1 is 0.379 bits per heavy atom. The molecule has 0 aliphatic carbocycles. The molecular weight excluding hydrogens is 809 g/mol. The van der Waals surface area contributed by atoms with E-state index < -0.39 is 0 Å². The van der Waals surface area contributed by atoms with Crippen molar-refractivity contribution in [3.8, 4) is 45.3 Å². The molecule has 6 aromatic heterocycles. The average molecular weight is 849 g/mol. The van der Waals surface area contributed by atoms with Crippen LogP contribution in [0.5, 0.6) is 0 Å². The lowest BCUT2D eigenvalue weighted by molar-refractivity contribution is 0.632. The lowest BCUT2D eigenvalue weighted by atomic mass is 9.73. The van der Waals surface area contributed by atoms with Crippen molar-refractivity contribution in [3.05, 3.63) is 218 Å². The van der Waals surface area contributed by atoms with Gasteiger partial charge in [-0.25, -0.2) is 9.97 Å². The van der Waals surface area contributed by atoms with E-state index in [9.17, 15) is 0 Å². The number of benzene rings is 6. The Morgan fingerprint density at radius 2 is 0.833 bits per heavy atom. The molecule has 0 saturated heterocycles. The predicted molar refractivity (Wildman–Crippen MR) is 267 cm³/mol. The largest absolute Gasteiger partial charge is 0.306 e. The Kier molecular flexibility index (Phi) is 8.39. The summed E-state index contributed by atoms with van der Waals surface area (Å²) in [5.74, 6) is 0.645. The van der Waals surface area contributed by atoms with E-state index in [1.807, 2.05) is 61.1 Å². The highest BCUT2D eigenvalue weighted by Crippen LogP contribution is 2.55. The van der Waals surface area contributed by atoms with Crippen molar-refractivity contribution in [2.75, 3.05) is 4.90 Å². The molecule has 66 heavy (non-hydrogen) atoms. The van der Waals surface area contributed by atoms with E-state index in [0.29, 0.717) is 5.82 Å². The summed E-state index contributed by atoms with van der Waals surface area (Å²) in [5, 5.41) is 1.07. The van der Waals surface area contributed by atoms with E-state index in [4.69, 9.17) is 24.9 Å². The maximum absolute atomic E-state index is 5.45. The molecule has 0 amide bonds. The summed E-state index contributed by atoms with van der Waals surface area (Å²) in [7, 11) is 0. The van der Waals surface area contributed by atoms with Crippen LogP contribution in [0.4, 0.5) is 17.1 Å². The summed E-state index contributed by atoms with van der Waals surface area (Å²) in [5.41, 5.74) is 18.2. The van der Waals surface area contributed by atoms with Gasteiger partial charge in [0.1, 0.15) is 11.0 Å². The molecule has 6 aromatic carbocycles. The standard InChI is InChI=1S/C58H40N8/c1-58(2)41-23-10-13-26-46(41)66(47-27-14-11-24-42(47)58)56-51(64-45-25-12-9-22-40(45)53-48(64)28-15-31-59-53)34-39(35-52(56)65-49-29-16-32-60-54(49)55-50(65)30-17-33-61-55)44-36-43(37-18-5-3-6-19-37)62-57(63-44)38-20-7-4-8-21-38/h3-36H,1-2H3. The van der Waals surface area contributed by atoms with Gasteiger partial charge in [-0.1, -0.05) is 129 Å². The third-order valence-corrected chi connectivity index (χ3v) is 13.2. The van der Waals surface area contributed by atoms with Gasteiger partial charge in [0.2, 0.25) is 0 Å². The van der Waals surface area contributed by atoms with Gasteiger partial charge in [0, 0.05) is 46.1 Å². The van der Waals surface area contributed by atoms with Gasteiger partial charge in [-0.05, 0) is 83.9 Å². The molecule has 0 atom stereocenters. The number of anilines is 3. The van der Waals surface area contributed by atoms with Gasteiger partial charge in [0.05, 0.1) is 67.4 Å². The van der Waals surface area contributed by atoms with Gasteiger partial charge < -0.3 is 14.0 Å². The highest BCUT2D eigenvalue weighted by molar-refractivity contribution is 6.10. The minimum Gasteiger partial charge on any atom is -0.306 e. The van der Waals surface area contributed by atoms with Crippen molar-refractivity contribution in [2.24, 2.45) is 0 Å². The second-order valence-corrected chi connectivity index (χ2v) is 17.4. The molecule has 8 heteroatoms. The number of hydrogen-bond acceptors (Lipinski definition) is 6. The Morgan fingerprint density at radius 3 is 1.44 bits per heavy atom. The Labute approximate surface area is 380 Å². The lowest BCUT2D eigenvalue weighted by Gasteiger charge is -2.43. The van der Waals surface area contributed by atoms with Crippen LogP contribution < -0.4 is 4.90 Å². The summed E-state index contributed by atoms with van der Waals surface area (Å²) < 4.78 is 4.74. The smallest absolute Gasteiger partial charge is 0.160 e. The molecule has 0 radical (unpaired) electrons. The monoisotopic (exact) mass is 848 g/mol. The van der Waals surface area contributed by atoms with Crippen LogP contribution in [0.3, 0.4) is 0 Å². The number of para-hydroxylation sites is 3. The summed E-state index contributed by atoms with van der Waals surface area (Å²) >= 11 is 0. The van der Waals surface area contributed by atoms with E-state index >= 15 is 0 Å². The first kappa shape index (κ1) is 37.8. The third-order valence-electron chi connectivity index (χ3n) is 13.2. The number of pyridine rings is 3. The quantitative estimate of drug-likeness (QED) is 0.166. The molecule has 0 fully saturated rings. The van der Waals surface area contributed by atoms with Crippen LogP contribution in [0.1, 0.15) is 25.0 Å². The minimum atomic E-state index is -0.288. The molecule has 312 valence electrons. The predicted octanol–water partition coefficient (Wildman–Crippen LogP) is 14.0. The molecule has 13 rings (SSSR count). The number of hydrogen-bond donors (Lipinski definition) is 0. The first-order valence-electron chi connectivity index (χ1n) is 22.3. The zero-order chi connectivity index (χ0) is 43.9. The Hall–Kier alpha value is -8.75. The molecule has 1 aliphatic heterocycles. The van der Waals surface area contributed by atoms with E-state index in [2.05, 4.69) is 173 Å². The fourth-order valence-electron chi connectivity index (χ4n) is 10.3. The van der Waals surface area contributed by atoms with Crippen molar-refractivity contribution in [1.29, 1.82) is 0 Å². The molecule has 0 saturated carbocycles. The van der Waals surface area contributed by atoms with E-state index in [-0.39, 0.29) is 5.41 Å². The minimum absolute atomic E-state index is 0.288. The van der Waals surface area contributed by atoms with Gasteiger partial charge in [-0.15, -0.1) is 0 Å². The summed E-state index contributed by atoms with van der Waals surface area (Å²) in [6.07, 6.45) is 5.59. The van der Waals surface area contributed by atoms with Crippen LogP contribution in [0.25, 0.3) is 89.3 Å². The molecule has 0 spiro atoms. The van der Waals surface area contributed by atoms with E-state index in [1.165, 1.54) is 11.1 Å². The van der Waals surface area contributed by atoms with Crippen molar-refractivity contribution in [2.45, 2.75) is 19.3 Å². The van der Waals surface area contributed by atoms with Gasteiger partial charge in [-0.2, -0.15) is 0 Å². The number of nitrogens with zero attached hydrogens (tertiary/aromatic N) is 8. The first-order valence-corrected chi connectivity index (χ1v) is 22.3. The summed E-state index contributed by atoms with van der Waals surface area (Å²) in [4.78, 5) is 28.1. The average Bonchev–Trinajstić information content (AvgIpc) is 3.90. The maximum Gasteiger partial charge on any atom is 0.160 e. The summed E-state index contributed by atoms with van der Waals surface area (Å²) in [6.45, 7) is 4.67. The van der Waals surface area contributed by atoms with Crippen LogP contribution in [0.2, 0.25) is 0 Å². The second kappa shape index (κ2) is 14.7. The first-order chi connectivity index (χ1) is 32.5. The number of aromatic nitrogens is 7. The van der Waals surface area contributed by atoms with Gasteiger partial charge in [0.25, 0.3) is 0 Å². The van der Waals surface area contributed by atoms with Crippen molar-refractivity contribution in [1.82, 2.24) is 34.1 Å². The van der Waals surface area contributed by atoms with Crippen LogP contribution in [0.15, 0.2) is 207 Å². The fraction of sp³-hybridized carbons (Fsp3) is 0.0517. The second-order valence-electron chi connectivity index (χ2n) is 17.4. The van der Waals surface area contributed by atoms with Crippen LogP contribution in [-0.2, 0) is 5.41 Å². The number of fused-ring (bicyclic) bond motifs is 8. The SMILES string of the molecule is CC1(C)c2ccccc2N(c2c(-n3c4ccccc4c4ncccc43)cc(-c3cc(-c4ccccc4)nc(-c4ccccc4)n3)cc2-n2c3cccnc3c3ncccc32)c2ccccc21. The number of rotatable bonds is 6. The van der Waals surface area contributed by atoms with Crippen molar-refractivity contribution >= 4 is 61.1 Å². The lowest BCUT2D eigenvalue weighted by Crippen LogP contribution is -2.31. The zero-order valence-electron chi connectivity index (χ0n) is 36.2. The molecular formula is C58H40N8. The molecule has 12 aromatic rings. The third kappa shape index (κ3) is 5.68. The van der Waals surface area contributed by atoms with E-state index in [0.717, 1.165) is 101 Å². The summed E-state index contributed by atoms with van der Waals surface area (Å²) in [6, 6.07) is 66.2. The molecule has 0 N–H and O–H groups in total. The Bertz CT molecular complexity index is 3520. The maximum atomic E-state index is 5.45.